The monoisotopic (exact) mass is 182 g/mol. The van der Waals surface area contributed by atoms with Crippen LogP contribution < -0.4 is 0 Å². The lowest BCUT2D eigenvalue weighted by Crippen LogP contribution is -1.81. The van der Waals surface area contributed by atoms with Gasteiger partial charge in [0, 0.05) is 4.88 Å². The third kappa shape index (κ3) is 3.40. The van der Waals surface area contributed by atoms with Crippen LogP contribution in [0.3, 0.4) is 0 Å². The fraction of sp³-hybridized carbons (Fsp3) is 0.636. The molecule has 0 amide bonds. The average molecular weight is 182 g/mol. The summed E-state index contributed by atoms with van der Waals surface area (Å²) in [7, 11) is 0. The Labute approximate surface area is 79.6 Å². The molecule has 0 atom stereocenters. The summed E-state index contributed by atoms with van der Waals surface area (Å²) < 4.78 is 0. The normalized spacial score (nSPS) is 10.5. The van der Waals surface area contributed by atoms with E-state index in [1.54, 1.807) is 0 Å². The number of hydrogen-bond donors (Lipinski definition) is 0. The Balaban J connectivity index is 2.15. The average Bonchev–Trinajstić information content (AvgIpc) is 2.45. The Bertz CT molecular complexity index is 213. The summed E-state index contributed by atoms with van der Waals surface area (Å²) >= 11 is 1.87. The highest BCUT2D eigenvalue weighted by molar-refractivity contribution is 7.10. The molecule has 0 spiro atoms. The van der Waals surface area contributed by atoms with E-state index in [0.717, 1.165) is 0 Å². The van der Waals surface area contributed by atoms with Crippen molar-refractivity contribution in [1.29, 1.82) is 0 Å². The van der Waals surface area contributed by atoms with Gasteiger partial charge in [0.2, 0.25) is 0 Å². The van der Waals surface area contributed by atoms with Gasteiger partial charge in [0.1, 0.15) is 0 Å². The van der Waals surface area contributed by atoms with Crippen molar-refractivity contribution in [1.82, 2.24) is 0 Å². The van der Waals surface area contributed by atoms with Gasteiger partial charge in [-0.2, -0.15) is 0 Å². The first-order valence-electron chi connectivity index (χ1n) is 4.87. The van der Waals surface area contributed by atoms with E-state index in [0.29, 0.717) is 0 Å². The van der Waals surface area contributed by atoms with Crippen LogP contribution in [0.5, 0.6) is 0 Å². The Kier molecular flexibility index (Phi) is 4.37. The largest absolute Gasteiger partial charge is 0.149 e. The molecule has 0 aliphatic rings. The number of unbranched alkanes of at least 4 members (excludes halogenated alkanes) is 3. The SMILES string of the molecule is CCCCCCc1csc(C)c1. The highest BCUT2D eigenvalue weighted by Gasteiger charge is 1.95. The molecule has 0 nitrogen and oxygen atoms in total. The first kappa shape index (κ1) is 9.79. The number of thiophene rings is 1. The van der Waals surface area contributed by atoms with Gasteiger partial charge in [0.25, 0.3) is 0 Å². The van der Waals surface area contributed by atoms with E-state index >= 15 is 0 Å². The molecule has 0 aliphatic heterocycles. The van der Waals surface area contributed by atoms with E-state index in [1.807, 2.05) is 11.3 Å². The summed E-state index contributed by atoms with van der Waals surface area (Å²) in [6.07, 6.45) is 6.77. The topological polar surface area (TPSA) is 0 Å². The summed E-state index contributed by atoms with van der Waals surface area (Å²) in [5.74, 6) is 0. The number of aryl methyl sites for hydroxylation is 2. The second-order valence-electron chi connectivity index (χ2n) is 3.38. The molecule has 1 heterocycles. The molecule has 0 fully saturated rings. The van der Waals surface area contributed by atoms with Crippen molar-refractivity contribution in [2.45, 2.75) is 46.0 Å². The quantitative estimate of drug-likeness (QED) is 0.599. The van der Waals surface area contributed by atoms with Crippen LogP contribution in [0.4, 0.5) is 0 Å². The maximum Gasteiger partial charge on any atom is 0.00170 e. The number of hydrogen-bond acceptors (Lipinski definition) is 1. The van der Waals surface area contributed by atoms with Crippen LogP contribution in [-0.2, 0) is 6.42 Å². The lowest BCUT2D eigenvalue weighted by molar-refractivity contribution is 0.667. The van der Waals surface area contributed by atoms with Crippen LogP contribution in [0.1, 0.15) is 43.0 Å². The molecule has 0 saturated heterocycles. The molecule has 0 radical (unpaired) electrons. The third-order valence-corrected chi connectivity index (χ3v) is 3.01. The Morgan fingerprint density at radius 1 is 1.25 bits per heavy atom. The van der Waals surface area contributed by atoms with Crippen LogP contribution in [0.2, 0.25) is 0 Å². The molecule has 0 N–H and O–H groups in total. The van der Waals surface area contributed by atoms with Gasteiger partial charge >= 0.3 is 0 Å². The van der Waals surface area contributed by atoms with E-state index in [4.69, 9.17) is 0 Å². The van der Waals surface area contributed by atoms with Crippen LogP contribution in [0, 0.1) is 6.92 Å². The highest BCUT2D eigenvalue weighted by atomic mass is 32.1. The second kappa shape index (κ2) is 5.36. The van der Waals surface area contributed by atoms with E-state index in [1.165, 1.54) is 42.5 Å². The maximum atomic E-state index is 2.32. The van der Waals surface area contributed by atoms with Gasteiger partial charge in [-0.1, -0.05) is 26.2 Å². The lowest BCUT2D eigenvalue weighted by Gasteiger charge is -1.96. The molecule has 0 unspecified atom stereocenters. The van der Waals surface area contributed by atoms with Crippen molar-refractivity contribution in [2.75, 3.05) is 0 Å². The molecule has 0 saturated carbocycles. The third-order valence-electron chi connectivity index (χ3n) is 2.10. The van der Waals surface area contributed by atoms with Crippen molar-refractivity contribution < 1.29 is 0 Å². The standard InChI is InChI=1S/C11H18S/c1-3-4-5-6-7-11-8-10(2)12-9-11/h8-9H,3-7H2,1-2H3. The molecular formula is C11H18S. The van der Waals surface area contributed by atoms with Gasteiger partial charge in [-0.15, -0.1) is 11.3 Å². The maximum absolute atomic E-state index is 2.32. The van der Waals surface area contributed by atoms with Crippen molar-refractivity contribution in [3.63, 3.8) is 0 Å². The molecule has 0 aliphatic carbocycles. The molecule has 1 heteroatoms. The van der Waals surface area contributed by atoms with Crippen LogP contribution in [0.15, 0.2) is 11.4 Å². The predicted octanol–water partition coefficient (Wildman–Crippen LogP) is 4.18. The molecule has 1 rings (SSSR count). The molecular weight excluding hydrogens is 164 g/mol. The van der Waals surface area contributed by atoms with Gasteiger partial charge < -0.3 is 0 Å². The summed E-state index contributed by atoms with van der Waals surface area (Å²) in [6.45, 7) is 4.44. The van der Waals surface area contributed by atoms with Crippen molar-refractivity contribution in [3.05, 3.63) is 21.9 Å². The Morgan fingerprint density at radius 3 is 2.67 bits per heavy atom. The molecule has 1 aromatic rings. The summed E-state index contributed by atoms with van der Waals surface area (Å²) in [5.41, 5.74) is 1.54. The molecule has 0 aromatic carbocycles. The first-order chi connectivity index (χ1) is 5.83. The molecule has 0 bridgehead atoms. The highest BCUT2D eigenvalue weighted by Crippen LogP contribution is 2.15. The van der Waals surface area contributed by atoms with Crippen LogP contribution in [-0.4, -0.2) is 0 Å². The Hall–Kier alpha value is -0.300. The van der Waals surface area contributed by atoms with E-state index in [-0.39, 0.29) is 0 Å². The predicted molar refractivity (Wildman–Crippen MR) is 56.9 cm³/mol. The molecule has 1 aromatic heterocycles. The van der Waals surface area contributed by atoms with Crippen molar-refractivity contribution >= 4 is 11.3 Å². The molecule has 68 valence electrons. The fourth-order valence-electron chi connectivity index (χ4n) is 1.38. The minimum atomic E-state index is 1.28. The summed E-state index contributed by atoms with van der Waals surface area (Å²) in [5, 5.41) is 2.29. The summed E-state index contributed by atoms with van der Waals surface area (Å²) in [6, 6.07) is 2.32. The Morgan fingerprint density at radius 2 is 2.08 bits per heavy atom. The zero-order valence-corrected chi connectivity index (χ0v) is 8.91. The van der Waals surface area contributed by atoms with E-state index < -0.39 is 0 Å². The molecule has 12 heavy (non-hydrogen) atoms. The van der Waals surface area contributed by atoms with Gasteiger partial charge in [-0.25, -0.2) is 0 Å². The van der Waals surface area contributed by atoms with Gasteiger partial charge in [0.05, 0.1) is 0 Å². The van der Waals surface area contributed by atoms with Gasteiger partial charge in [0.15, 0.2) is 0 Å². The van der Waals surface area contributed by atoms with Gasteiger partial charge in [-0.05, 0) is 36.8 Å². The number of rotatable bonds is 5. The van der Waals surface area contributed by atoms with Crippen LogP contribution in [0.25, 0.3) is 0 Å². The van der Waals surface area contributed by atoms with E-state index in [2.05, 4.69) is 25.3 Å². The minimum absolute atomic E-state index is 1.28. The zero-order chi connectivity index (χ0) is 8.81. The zero-order valence-electron chi connectivity index (χ0n) is 8.10. The minimum Gasteiger partial charge on any atom is -0.149 e. The lowest BCUT2D eigenvalue weighted by atomic mass is 10.1. The fourth-order valence-corrected chi connectivity index (χ4v) is 2.13. The van der Waals surface area contributed by atoms with Crippen molar-refractivity contribution in [3.8, 4) is 0 Å². The summed E-state index contributed by atoms with van der Waals surface area (Å²) in [4.78, 5) is 1.44. The van der Waals surface area contributed by atoms with Crippen LogP contribution >= 0.6 is 11.3 Å². The first-order valence-corrected chi connectivity index (χ1v) is 5.75. The van der Waals surface area contributed by atoms with E-state index in [9.17, 15) is 0 Å². The van der Waals surface area contributed by atoms with Gasteiger partial charge in [-0.3, -0.25) is 0 Å². The smallest absolute Gasteiger partial charge is 0.00170 e. The van der Waals surface area contributed by atoms with Crippen molar-refractivity contribution in [2.24, 2.45) is 0 Å². The second-order valence-corrected chi connectivity index (χ2v) is 4.49.